The number of nitrogens with one attached hydrogen (secondary N) is 1. The predicted octanol–water partition coefficient (Wildman–Crippen LogP) is 3.77. The van der Waals surface area contributed by atoms with Gasteiger partial charge in [0.05, 0.1) is 12.6 Å². The second-order valence-electron chi connectivity index (χ2n) is 4.83. The average molecular weight is 273 g/mol. The highest BCUT2D eigenvalue weighted by atomic mass is 32.1. The Bertz CT molecular complexity index is 536. The standard InChI is InChI=1S/C16H19NOS/c1-2-17-15(13-8-10-19-11-13)14-7-3-5-12-6-4-9-18-16(12)14/h3,5,7-8,10-11,15,17H,2,4,6,9H2,1H3. The molecule has 1 aliphatic rings. The van der Waals surface area contributed by atoms with Crippen LogP contribution in [0.4, 0.5) is 0 Å². The quantitative estimate of drug-likeness (QED) is 0.915. The van der Waals surface area contributed by atoms with Crippen molar-refractivity contribution >= 4 is 11.3 Å². The molecule has 19 heavy (non-hydrogen) atoms. The Hall–Kier alpha value is -1.32. The van der Waals surface area contributed by atoms with E-state index in [1.54, 1.807) is 11.3 Å². The zero-order valence-corrected chi connectivity index (χ0v) is 12.0. The van der Waals surface area contributed by atoms with Crippen molar-refractivity contribution in [1.29, 1.82) is 0 Å². The first-order valence-corrected chi connectivity index (χ1v) is 7.84. The normalized spacial score (nSPS) is 15.6. The van der Waals surface area contributed by atoms with Gasteiger partial charge in [-0.2, -0.15) is 11.3 Å². The van der Waals surface area contributed by atoms with Crippen molar-refractivity contribution < 1.29 is 4.74 Å². The molecule has 1 atom stereocenters. The van der Waals surface area contributed by atoms with Crippen molar-refractivity contribution in [2.24, 2.45) is 0 Å². The van der Waals surface area contributed by atoms with Gasteiger partial charge in [-0.05, 0) is 47.3 Å². The zero-order chi connectivity index (χ0) is 13.1. The van der Waals surface area contributed by atoms with E-state index in [0.717, 1.165) is 31.7 Å². The summed E-state index contributed by atoms with van der Waals surface area (Å²) in [6.07, 6.45) is 2.26. The third-order valence-electron chi connectivity index (χ3n) is 3.56. The number of rotatable bonds is 4. The molecule has 0 amide bonds. The van der Waals surface area contributed by atoms with Gasteiger partial charge in [0.25, 0.3) is 0 Å². The molecule has 1 aromatic heterocycles. The Morgan fingerprint density at radius 3 is 3.11 bits per heavy atom. The molecule has 2 nitrogen and oxygen atoms in total. The Morgan fingerprint density at radius 1 is 1.37 bits per heavy atom. The number of aryl methyl sites for hydroxylation is 1. The van der Waals surface area contributed by atoms with Crippen LogP contribution in [-0.2, 0) is 6.42 Å². The Labute approximate surface area is 118 Å². The summed E-state index contributed by atoms with van der Waals surface area (Å²) in [6.45, 7) is 3.94. The smallest absolute Gasteiger partial charge is 0.127 e. The molecule has 3 rings (SSSR count). The summed E-state index contributed by atoms with van der Waals surface area (Å²) in [4.78, 5) is 0. The lowest BCUT2D eigenvalue weighted by Gasteiger charge is -2.25. The highest BCUT2D eigenvalue weighted by molar-refractivity contribution is 7.08. The van der Waals surface area contributed by atoms with Gasteiger partial charge < -0.3 is 10.1 Å². The maximum absolute atomic E-state index is 5.94. The Balaban J connectivity index is 2.03. The molecule has 0 fully saturated rings. The van der Waals surface area contributed by atoms with Gasteiger partial charge in [-0.3, -0.25) is 0 Å². The predicted molar refractivity (Wildman–Crippen MR) is 80.1 cm³/mol. The van der Waals surface area contributed by atoms with Crippen LogP contribution in [0.25, 0.3) is 0 Å². The summed E-state index contributed by atoms with van der Waals surface area (Å²) in [7, 11) is 0. The van der Waals surface area contributed by atoms with Gasteiger partial charge in [0, 0.05) is 5.56 Å². The number of thiophene rings is 1. The van der Waals surface area contributed by atoms with Crippen molar-refractivity contribution in [3.05, 3.63) is 51.7 Å². The molecule has 0 saturated carbocycles. The minimum Gasteiger partial charge on any atom is -0.493 e. The summed E-state index contributed by atoms with van der Waals surface area (Å²) in [5, 5.41) is 7.93. The monoisotopic (exact) mass is 273 g/mol. The van der Waals surface area contributed by atoms with E-state index in [0.29, 0.717) is 0 Å². The van der Waals surface area contributed by atoms with E-state index in [4.69, 9.17) is 4.74 Å². The molecule has 100 valence electrons. The Morgan fingerprint density at radius 2 is 2.32 bits per heavy atom. The minimum atomic E-state index is 0.240. The van der Waals surface area contributed by atoms with Crippen molar-refractivity contribution in [3.63, 3.8) is 0 Å². The number of para-hydroxylation sites is 1. The van der Waals surface area contributed by atoms with Crippen LogP contribution in [0.2, 0.25) is 0 Å². The van der Waals surface area contributed by atoms with Crippen LogP contribution in [0.3, 0.4) is 0 Å². The summed E-state index contributed by atoms with van der Waals surface area (Å²) in [6, 6.07) is 8.97. The molecular weight excluding hydrogens is 254 g/mol. The van der Waals surface area contributed by atoms with Gasteiger partial charge in [0.15, 0.2) is 0 Å². The molecule has 1 aromatic carbocycles. The van der Waals surface area contributed by atoms with Gasteiger partial charge >= 0.3 is 0 Å². The summed E-state index contributed by atoms with van der Waals surface area (Å²) >= 11 is 1.75. The molecule has 0 bridgehead atoms. The molecule has 2 heterocycles. The first kappa shape index (κ1) is 12.7. The largest absolute Gasteiger partial charge is 0.493 e. The first-order valence-electron chi connectivity index (χ1n) is 6.90. The topological polar surface area (TPSA) is 21.3 Å². The fourth-order valence-corrected chi connectivity index (χ4v) is 3.38. The van der Waals surface area contributed by atoms with Crippen LogP contribution in [-0.4, -0.2) is 13.2 Å². The minimum absolute atomic E-state index is 0.240. The van der Waals surface area contributed by atoms with Gasteiger partial charge in [-0.25, -0.2) is 0 Å². The molecule has 1 aliphatic heterocycles. The lowest BCUT2D eigenvalue weighted by Crippen LogP contribution is -2.23. The molecular formula is C16H19NOS. The average Bonchev–Trinajstić information content (AvgIpc) is 2.98. The molecule has 1 N–H and O–H groups in total. The van der Waals surface area contributed by atoms with Gasteiger partial charge in [0.2, 0.25) is 0 Å². The summed E-state index contributed by atoms with van der Waals surface area (Å²) in [5.74, 6) is 1.10. The highest BCUT2D eigenvalue weighted by Crippen LogP contribution is 2.36. The third kappa shape index (κ3) is 2.53. The maximum Gasteiger partial charge on any atom is 0.127 e. The van der Waals surface area contributed by atoms with Crippen molar-refractivity contribution in [2.75, 3.05) is 13.2 Å². The van der Waals surface area contributed by atoms with Crippen LogP contribution in [0.5, 0.6) is 5.75 Å². The first-order chi connectivity index (χ1) is 9.40. The van der Waals surface area contributed by atoms with Gasteiger partial charge in [-0.1, -0.05) is 25.1 Å². The molecule has 0 spiro atoms. The van der Waals surface area contributed by atoms with E-state index in [1.165, 1.54) is 16.7 Å². The lowest BCUT2D eigenvalue weighted by atomic mass is 9.95. The molecule has 0 saturated heterocycles. The van der Waals surface area contributed by atoms with Crippen molar-refractivity contribution in [1.82, 2.24) is 5.32 Å². The van der Waals surface area contributed by atoms with Crippen LogP contribution in [0.15, 0.2) is 35.0 Å². The van der Waals surface area contributed by atoms with Crippen molar-refractivity contribution in [2.45, 2.75) is 25.8 Å². The van der Waals surface area contributed by atoms with Gasteiger partial charge in [-0.15, -0.1) is 0 Å². The summed E-state index contributed by atoms with van der Waals surface area (Å²) in [5.41, 5.74) is 3.95. The van der Waals surface area contributed by atoms with Crippen molar-refractivity contribution in [3.8, 4) is 5.75 Å². The fraction of sp³-hybridized carbons (Fsp3) is 0.375. The third-order valence-corrected chi connectivity index (χ3v) is 4.26. The van der Waals surface area contributed by atoms with E-state index in [1.807, 2.05) is 0 Å². The molecule has 2 aromatic rings. The molecule has 3 heteroatoms. The maximum atomic E-state index is 5.94. The zero-order valence-electron chi connectivity index (χ0n) is 11.2. The van der Waals surface area contributed by atoms with Crippen LogP contribution < -0.4 is 10.1 Å². The van der Waals surface area contributed by atoms with E-state index in [-0.39, 0.29) is 6.04 Å². The Kier molecular flexibility index (Phi) is 3.85. The van der Waals surface area contributed by atoms with E-state index >= 15 is 0 Å². The second kappa shape index (κ2) is 5.76. The number of hydrogen-bond acceptors (Lipinski definition) is 3. The summed E-state index contributed by atoms with van der Waals surface area (Å²) < 4.78 is 5.94. The molecule has 0 radical (unpaired) electrons. The number of benzene rings is 1. The number of hydrogen-bond donors (Lipinski definition) is 1. The van der Waals surface area contributed by atoms with E-state index < -0.39 is 0 Å². The molecule has 1 unspecified atom stereocenters. The van der Waals surface area contributed by atoms with Gasteiger partial charge in [0.1, 0.15) is 5.75 Å². The van der Waals surface area contributed by atoms with Crippen LogP contribution in [0.1, 0.15) is 36.1 Å². The lowest BCUT2D eigenvalue weighted by molar-refractivity contribution is 0.283. The number of ether oxygens (including phenoxy) is 1. The molecule has 0 aliphatic carbocycles. The highest BCUT2D eigenvalue weighted by Gasteiger charge is 2.21. The van der Waals surface area contributed by atoms with E-state index in [2.05, 4.69) is 47.3 Å². The SMILES string of the molecule is CCNC(c1ccsc1)c1cccc2c1OCCC2. The van der Waals surface area contributed by atoms with Crippen LogP contribution >= 0.6 is 11.3 Å². The van der Waals surface area contributed by atoms with E-state index in [9.17, 15) is 0 Å². The number of fused-ring (bicyclic) bond motifs is 1. The second-order valence-corrected chi connectivity index (χ2v) is 5.61. The van der Waals surface area contributed by atoms with Crippen LogP contribution in [0, 0.1) is 0 Å². The fourth-order valence-electron chi connectivity index (χ4n) is 2.69.